The van der Waals surface area contributed by atoms with E-state index in [0.717, 1.165) is 22.3 Å². The maximum atomic E-state index is 14.8. The number of carbonyl (C=O) groups excluding carboxylic acids is 4. The van der Waals surface area contributed by atoms with Crippen LogP contribution >= 0.6 is 0 Å². The van der Waals surface area contributed by atoms with Gasteiger partial charge in [0, 0.05) is 18.9 Å². The molecule has 3 aromatic rings. The van der Waals surface area contributed by atoms with Gasteiger partial charge in [-0.15, -0.1) is 0 Å². The van der Waals surface area contributed by atoms with Crippen molar-refractivity contribution in [2.75, 3.05) is 0 Å². The second-order valence-corrected chi connectivity index (χ2v) is 14.9. The molecule has 1 fully saturated rings. The van der Waals surface area contributed by atoms with Gasteiger partial charge < -0.3 is 25.0 Å². The minimum Gasteiger partial charge on any atom is -0.458 e. The molecule has 2 N–H and O–H groups in total. The molecule has 4 rings (SSSR count). The average molecular weight is 670 g/mol. The third-order valence-corrected chi connectivity index (χ3v) is 8.01. The van der Waals surface area contributed by atoms with Gasteiger partial charge >= 0.3 is 12.1 Å². The van der Waals surface area contributed by atoms with Crippen LogP contribution in [0.15, 0.2) is 78.9 Å². The molecule has 9 heteroatoms. The first kappa shape index (κ1) is 37.2. The molecule has 49 heavy (non-hydrogen) atoms. The standard InChI is InChI=1S/C40H51N3O6/c1-26-19-20-27(2)31(23-26)34(35(44)41-33(37(46)48-39(3,4)5)25-29-17-13-10-14-18-29)43(30-21-22-30)36(45)32(24-28-15-11-9-12-16-28)42-38(47)49-40(6,7)8/h9-20,23,30,32-34H,21-22,24-25H2,1-8H3,(H,41,44)(H,42,47). The number of ether oxygens (including phenoxy) is 2. The molecular weight excluding hydrogens is 618 g/mol. The fourth-order valence-electron chi connectivity index (χ4n) is 5.69. The smallest absolute Gasteiger partial charge is 0.408 e. The Kier molecular flexibility index (Phi) is 11.9. The lowest BCUT2D eigenvalue weighted by atomic mass is 9.94. The third-order valence-electron chi connectivity index (χ3n) is 8.01. The van der Waals surface area contributed by atoms with Crippen LogP contribution in [-0.2, 0) is 36.7 Å². The van der Waals surface area contributed by atoms with Gasteiger partial charge in [-0.3, -0.25) is 9.59 Å². The SMILES string of the molecule is Cc1ccc(C)c(C(C(=O)NC(Cc2ccccc2)C(=O)OC(C)(C)C)N(C(=O)C(Cc2ccccc2)NC(=O)OC(C)(C)C)C2CC2)c1. The van der Waals surface area contributed by atoms with Gasteiger partial charge in [0.2, 0.25) is 11.8 Å². The van der Waals surface area contributed by atoms with Gasteiger partial charge in [0.25, 0.3) is 0 Å². The number of hydrogen-bond acceptors (Lipinski definition) is 6. The van der Waals surface area contributed by atoms with E-state index in [1.807, 2.05) is 92.7 Å². The maximum absolute atomic E-state index is 14.8. The number of rotatable bonds is 12. The molecule has 3 unspecified atom stereocenters. The summed E-state index contributed by atoms with van der Waals surface area (Å²) in [5.74, 6) is -1.48. The molecule has 0 bridgehead atoms. The first-order valence-corrected chi connectivity index (χ1v) is 17.0. The Bertz CT molecular complexity index is 1610. The lowest BCUT2D eigenvalue weighted by molar-refractivity contribution is -0.159. The summed E-state index contributed by atoms with van der Waals surface area (Å²) in [4.78, 5) is 57.9. The molecule has 0 aliphatic heterocycles. The van der Waals surface area contributed by atoms with E-state index in [1.54, 1.807) is 46.4 Å². The van der Waals surface area contributed by atoms with Crippen molar-refractivity contribution in [3.05, 3.63) is 107 Å². The molecular formula is C40H51N3O6. The first-order valence-electron chi connectivity index (χ1n) is 17.0. The van der Waals surface area contributed by atoms with Crippen LogP contribution in [0, 0.1) is 13.8 Å². The van der Waals surface area contributed by atoms with E-state index in [-0.39, 0.29) is 18.9 Å². The molecule has 3 amide bonds. The summed E-state index contributed by atoms with van der Waals surface area (Å²) in [5.41, 5.74) is 2.52. The monoisotopic (exact) mass is 669 g/mol. The molecule has 1 aliphatic carbocycles. The van der Waals surface area contributed by atoms with Crippen LogP contribution < -0.4 is 10.6 Å². The number of carbonyl (C=O) groups is 4. The summed E-state index contributed by atoms with van der Waals surface area (Å²) in [6.07, 6.45) is 1.07. The van der Waals surface area contributed by atoms with Gasteiger partial charge in [-0.2, -0.15) is 0 Å². The maximum Gasteiger partial charge on any atom is 0.408 e. The van der Waals surface area contributed by atoms with E-state index >= 15 is 0 Å². The number of benzene rings is 3. The molecule has 0 radical (unpaired) electrons. The quantitative estimate of drug-likeness (QED) is 0.212. The lowest BCUT2D eigenvalue weighted by Crippen LogP contribution is -2.56. The highest BCUT2D eigenvalue weighted by atomic mass is 16.6. The van der Waals surface area contributed by atoms with Crippen LogP contribution in [0.5, 0.6) is 0 Å². The summed E-state index contributed by atoms with van der Waals surface area (Å²) >= 11 is 0. The van der Waals surface area contributed by atoms with Crippen molar-refractivity contribution >= 4 is 23.9 Å². The highest BCUT2D eigenvalue weighted by Gasteiger charge is 2.45. The second-order valence-electron chi connectivity index (χ2n) is 14.9. The largest absolute Gasteiger partial charge is 0.458 e. The van der Waals surface area contributed by atoms with E-state index in [1.165, 1.54) is 0 Å². The second kappa shape index (κ2) is 15.7. The summed E-state index contributed by atoms with van der Waals surface area (Å²) in [6.45, 7) is 14.5. The molecule has 1 saturated carbocycles. The zero-order chi connectivity index (χ0) is 35.9. The van der Waals surface area contributed by atoms with E-state index < -0.39 is 53.2 Å². The van der Waals surface area contributed by atoms with Crippen molar-refractivity contribution < 1.29 is 28.7 Å². The van der Waals surface area contributed by atoms with Gasteiger partial charge in [-0.25, -0.2) is 9.59 Å². The van der Waals surface area contributed by atoms with Crippen LogP contribution in [0.2, 0.25) is 0 Å². The summed E-state index contributed by atoms with van der Waals surface area (Å²) < 4.78 is 11.3. The van der Waals surface area contributed by atoms with Crippen molar-refractivity contribution in [1.82, 2.24) is 15.5 Å². The van der Waals surface area contributed by atoms with E-state index in [0.29, 0.717) is 18.4 Å². The van der Waals surface area contributed by atoms with Gasteiger partial charge in [0.05, 0.1) is 0 Å². The van der Waals surface area contributed by atoms with Crippen LogP contribution in [-0.4, -0.2) is 58.1 Å². The Morgan fingerprint density at radius 1 is 0.735 bits per heavy atom. The molecule has 0 heterocycles. The minimum atomic E-state index is -1.08. The number of alkyl carbamates (subject to hydrolysis) is 1. The molecule has 3 atom stereocenters. The van der Waals surface area contributed by atoms with Crippen LogP contribution in [0.1, 0.15) is 88.2 Å². The summed E-state index contributed by atoms with van der Waals surface area (Å²) in [5, 5.41) is 5.81. The van der Waals surface area contributed by atoms with Crippen molar-refractivity contribution in [3.63, 3.8) is 0 Å². The molecule has 0 saturated heterocycles. The zero-order valence-corrected chi connectivity index (χ0v) is 30.0. The number of aryl methyl sites for hydroxylation is 2. The third kappa shape index (κ3) is 11.2. The molecule has 1 aliphatic rings. The van der Waals surface area contributed by atoms with Gasteiger partial charge in [0.1, 0.15) is 29.3 Å². The van der Waals surface area contributed by atoms with E-state index in [2.05, 4.69) is 10.6 Å². The summed E-state index contributed by atoms with van der Waals surface area (Å²) in [6, 6.07) is 21.3. The van der Waals surface area contributed by atoms with Crippen molar-refractivity contribution in [2.24, 2.45) is 0 Å². The first-order chi connectivity index (χ1) is 23.0. The molecule has 0 aromatic heterocycles. The van der Waals surface area contributed by atoms with Crippen molar-refractivity contribution in [1.29, 1.82) is 0 Å². The highest BCUT2D eigenvalue weighted by molar-refractivity contribution is 5.94. The van der Waals surface area contributed by atoms with Crippen LogP contribution in [0.3, 0.4) is 0 Å². The molecule has 0 spiro atoms. The van der Waals surface area contributed by atoms with Crippen molar-refractivity contribution in [3.8, 4) is 0 Å². The number of hydrogen-bond donors (Lipinski definition) is 2. The normalized spacial score (nSPS) is 14.9. The average Bonchev–Trinajstić information content (AvgIpc) is 3.85. The van der Waals surface area contributed by atoms with Crippen molar-refractivity contribution in [2.45, 2.75) is 116 Å². The topological polar surface area (TPSA) is 114 Å². The van der Waals surface area contributed by atoms with Gasteiger partial charge in [0.15, 0.2) is 0 Å². The number of nitrogens with zero attached hydrogens (tertiary/aromatic N) is 1. The fourth-order valence-corrected chi connectivity index (χ4v) is 5.69. The van der Waals surface area contributed by atoms with Gasteiger partial charge in [-0.1, -0.05) is 84.4 Å². The van der Waals surface area contributed by atoms with Crippen LogP contribution in [0.4, 0.5) is 4.79 Å². The Morgan fingerprint density at radius 2 is 1.27 bits per heavy atom. The molecule has 3 aromatic carbocycles. The van der Waals surface area contributed by atoms with E-state index in [4.69, 9.17) is 9.47 Å². The minimum absolute atomic E-state index is 0.192. The fraction of sp³-hybridized carbons (Fsp3) is 0.450. The Morgan fingerprint density at radius 3 is 1.78 bits per heavy atom. The van der Waals surface area contributed by atoms with E-state index in [9.17, 15) is 19.2 Å². The predicted molar refractivity (Wildman–Crippen MR) is 190 cm³/mol. The molecule has 9 nitrogen and oxygen atoms in total. The lowest BCUT2D eigenvalue weighted by Gasteiger charge is -2.36. The summed E-state index contributed by atoms with van der Waals surface area (Å²) in [7, 11) is 0. The Balaban J connectivity index is 1.77. The number of amides is 3. The Labute approximate surface area is 290 Å². The molecule has 262 valence electrons. The number of esters is 1. The zero-order valence-electron chi connectivity index (χ0n) is 30.0. The highest BCUT2D eigenvalue weighted by Crippen LogP contribution is 2.37. The predicted octanol–water partition coefficient (Wildman–Crippen LogP) is 6.54. The van der Waals surface area contributed by atoms with Crippen LogP contribution in [0.25, 0.3) is 0 Å². The Hall–Kier alpha value is -4.66. The number of nitrogens with one attached hydrogen (secondary N) is 2. The van der Waals surface area contributed by atoms with Gasteiger partial charge in [-0.05, 0) is 90.5 Å².